The Morgan fingerprint density at radius 1 is 0.328 bits per heavy atom. The fraction of sp³-hybridized carbons (Fsp3) is 0.557. The van der Waals surface area contributed by atoms with Crippen LogP contribution in [0.15, 0.2) is 146 Å². The number of esters is 3. The Balaban J connectivity index is 4.61. The zero-order valence-electron chi connectivity index (χ0n) is 42.6. The molecule has 0 aromatic rings. The SMILES string of the molecule is CC\C=C/C=C\C=C/C=C\CCCCCCCC(=O)OCC(COC(=O)CCCCCCC\C=C/C=C\C=C/CCCCCCC)OC(=O)CC/C=C\C/C=C\C/C=C\C/C=C\C/C=C\CC. The fourth-order valence-corrected chi connectivity index (χ4v) is 6.56. The number of ether oxygens (including phenoxy) is 3. The Kier molecular flexibility index (Phi) is 50.1. The molecule has 0 aromatic carbocycles. The maximum Gasteiger partial charge on any atom is 0.306 e. The first kappa shape index (κ1) is 62.3. The molecule has 0 N–H and O–H groups in total. The van der Waals surface area contributed by atoms with E-state index in [1.165, 1.54) is 32.1 Å². The first-order valence-corrected chi connectivity index (χ1v) is 26.4. The van der Waals surface area contributed by atoms with Gasteiger partial charge < -0.3 is 14.2 Å². The van der Waals surface area contributed by atoms with Gasteiger partial charge in [0.05, 0.1) is 0 Å². The normalized spacial score (nSPS) is 13.3. The zero-order valence-corrected chi connectivity index (χ0v) is 42.6. The van der Waals surface area contributed by atoms with E-state index in [4.69, 9.17) is 14.2 Å². The molecule has 1 unspecified atom stereocenters. The summed E-state index contributed by atoms with van der Waals surface area (Å²) >= 11 is 0. The van der Waals surface area contributed by atoms with Crippen molar-refractivity contribution in [2.75, 3.05) is 13.2 Å². The van der Waals surface area contributed by atoms with Crippen molar-refractivity contribution in [1.82, 2.24) is 0 Å². The van der Waals surface area contributed by atoms with E-state index in [9.17, 15) is 14.4 Å². The van der Waals surface area contributed by atoms with Gasteiger partial charge in [-0.15, -0.1) is 0 Å². The fourth-order valence-electron chi connectivity index (χ4n) is 6.56. The van der Waals surface area contributed by atoms with E-state index < -0.39 is 12.1 Å². The van der Waals surface area contributed by atoms with Crippen molar-refractivity contribution in [3.63, 3.8) is 0 Å². The van der Waals surface area contributed by atoms with Crippen molar-refractivity contribution in [3.05, 3.63) is 146 Å². The molecule has 0 saturated heterocycles. The number of allylic oxidation sites excluding steroid dienone is 24. The minimum absolute atomic E-state index is 0.133. The van der Waals surface area contributed by atoms with E-state index in [1.807, 2.05) is 36.5 Å². The summed E-state index contributed by atoms with van der Waals surface area (Å²) in [4.78, 5) is 38.0. The standard InChI is InChI=1S/C61H94O6/c1-4-7-10-13-16-19-22-25-28-30-31-34-36-39-42-45-48-51-54-60(63)66-57-58(56-65-59(62)53-50-47-44-41-38-35-32-27-24-21-18-15-12-9-6-3)67-61(64)55-52-49-46-43-40-37-33-29-26-23-20-17-14-11-8-5-2/h8-9,11-12,15,17-18,20-22,24-32,34,37,40,46,49,58H,4-7,10,13-14,16,19,23,33,35-36,38-39,41-45,47-48,50-57H2,1-3H3/b11-8-,12-9-,18-15-,20-17-,24-21-,25-22-,29-26-,30-28-,32-27-,34-31-,40-37-,49-46-. The predicted octanol–water partition coefficient (Wildman–Crippen LogP) is 17.6. The van der Waals surface area contributed by atoms with E-state index in [2.05, 4.69) is 130 Å². The predicted molar refractivity (Wildman–Crippen MR) is 288 cm³/mol. The van der Waals surface area contributed by atoms with Gasteiger partial charge in [0.1, 0.15) is 13.2 Å². The smallest absolute Gasteiger partial charge is 0.306 e. The van der Waals surface area contributed by atoms with E-state index in [0.717, 1.165) is 122 Å². The number of unbranched alkanes of at least 4 members (excludes halogenated alkanes) is 15. The van der Waals surface area contributed by atoms with Crippen molar-refractivity contribution >= 4 is 17.9 Å². The lowest BCUT2D eigenvalue weighted by Crippen LogP contribution is -2.30. The van der Waals surface area contributed by atoms with Gasteiger partial charge in [0.2, 0.25) is 0 Å². The van der Waals surface area contributed by atoms with Crippen LogP contribution in [0.5, 0.6) is 0 Å². The van der Waals surface area contributed by atoms with Crippen LogP contribution in [-0.4, -0.2) is 37.2 Å². The van der Waals surface area contributed by atoms with Crippen LogP contribution in [0.25, 0.3) is 0 Å². The topological polar surface area (TPSA) is 78.9 Å². The molecule has 0 saturated carbocycles. The third-order valence-electron chi connectivity index (χ3n) is 10.5. The summed E-state index contributed by atoms with van der Waals surface area (Å²) in [5, 5.41) is 0. The molecule has 0 radical (unpaired) electrons. The van der Waals surface area contributed by atoms with Crippen LogP contribution in [0, 0.1) is 0 Å². The minimum atomic E-state index is -0.843. The molecule has 0 heterocycles. The quantitative estimate of drug-likeness (QED) is 0.0199. The van der Waals surface area contributed by atoms with Crippen LogP contribution >= 0.6 is 0 Å². The van der Waals surface area contributed by atoms with Crippen LogP contribution in [0.3, 0.4) is 0 Å². The Morgan fingerprint density at radius 3 is 1.12 bits per heavy atom. The molecule has 67 heavy (non-hydrogen) atoms. The molecule has 0 amide bonds. The molecule has 374 valence electrons. The molecule has 0 aliphatic heterocycles. The Bertz CT molecular complexity index is 1530. The summed E-state index contributed by atoms with van der Waals surface area (Å²) in [6.07, 6.45) is 76.9. The maximum absolute atomic E-state index is 12.8. The van der Waals surface area contributed by atoms with Gasteiger partial charge in [-0.05, 0) is 96.3 Å². The van der Waals surface area contributed by atoms with Gasteiger partial charge in [-0.3, -0.25) is 14.4 Å². The molecule has 0 bridgehead atoms. The molecular weight excluding hydrogens is 829 g/mol. The lowest BCUT2D eigenvalue weighted by molar-refractivity contribution is -0.166. The highest BCUT2D eigenvalue weighted by Crippen LogP contribution is 2.12. The highest BCUT2D eigenvalue weighted by atomic mass is 16.6. The number of hydrogen-bond donors (Lipinski definition) is 0. The largest absolute Gasteiger partial charge is 0.462 e. The molecule has 1 atom stereocenters. The number of carbonyl (C=O) groups excluding carboxylic acids is 3. The van der Waals surface area contributed by atoms with Gasteiger partial charge in [0.25, 0.3) is 0 Å². The Labute approximate surface area is 410 Å². The second kappa shape index (κ2) is 53.9. The van der Waals surface area contributed by atoms with Gasteiger partial charge in [-0.25, -0.2) is 0 Å². The average molecular weight is 923 g/mol. The van der Waals surface area contributed by atoms with Gasteiger partial charge in [0, 0.05) is 19.3 Å². The van der Waals surface area contributed by atoms with Crippen LogP contribution in [-0.2, 0) is 28.6 Å². The average Bonchev–Trinajstić information content (AvgIpc) is 3.33. The van der Waals surface area contributed by atoms with E-state index in [-0.39, 0.29) is 31.6 Å². The molecular formula is C61H94O6. The van der Waals surface area contributed by atoms with Crippen molar-refractivity contribution in [3.8, 4) is 0 Å². The monoisotopic (exact) mass is 923 g/mol. The van der Waals surface area contributed by atoms with Crippen LogP contribution in [0.2, 0.25) is 0 Å². The number of rotatable bonds is 45. The Hall–Kier alpha value is -4.71. The first-order valence-electron chi connectivity index (χ1n) is 26.4. The highest BCUT2D eigenvalue weighted by molar-refractivity contribution is 5.71. The van der Waals surface area contributed by atoms with Crippen LogP contribution in [0.4, 0.5) is 0 Å². The van der Waals surface area contributed by atoms with Crippen molar-refractivity contribution in [2.45, 2.75) is 207 Å². The zero-order chi connectivity index (χ0) is 48.6. The van der Waals surface area contributed by atoms with E-state index in [0.29, 0.717) is 19.3 Å². The third kappa shape index (κ3) is 52.1. The van der Waals surface area contributed by atoms with E-state index in [1.54, 1.807) is 0 Å². The van der Waals surface area contributed by atoms with Gasteiger partial charge in [-0.2, -0.15) is 0 Å². The van der Waals surface area contributed by atoms with E-state index >= 15 is 0 Å². The maximum atomic E-state index is 12.8. The summed E-state index contributed by atoms with van der Waals surface area (Å²) in [6, 6.07) is 0. The minimum Gasteiger partial charge on any atom is -0.462 e. The molecule has 0 spiro atoms. The molecule has 6 heteroatoms. The lowest BCUT2D eigenvalue weighted by Gasteiger charge is -2.18. The molecule has 0 fully saturated rings. The Morgan fingerprint density at radius 2 is 0.687 bits per heavy atom. The second-order valence-electron chi connectivity index (χ2n) is 16.8. The van der Waals surface area contributed by atoms with Crippen molar-refractivity contribution in [2.24, 2.45) is 0 Å². The molecule has 0 aliphatic rings. The lowest BCUT2D eigenvalue weighted by atomic mass is 10.1. The summed E-state index contributed by atoms with van der Waals surface area (Å²) in [5.41, 5.74) is 0. The number of carbonyl (C=O) groups is 3. The van der Waals surface area contributed by atoms with Crippen LogP contribution < -0.4 is 0 Å². The summed E-state index contributed by atoms with van der Waals surface area (Å²) in [5.74, 6) is -1.07. The number of hydrogen-bond acceptors (Lipinski definition) is 6. The van der Waals surface area contributed by atoms with Crippen LogP contribution in [0.1, 0.15) is 201 Å². The molecule has 0 aliphatic carbocycles. The first-order chi connectivity index (χ1) is 33.0. The van der Waals surface area contributed by atoms with Crippen molar-refractivity contribution < 1.29 is 28.6 Å². The van der Waals surface area contributed by atoms with Gasteiger partial charge in [0.15, 0.2) is 6.10 Å². The van der Waals surface area contributed by atoms with Gasteiger partial charge in [-0.1, -0.05) is 231 Å². The van der Waals surface area contributed by atoms with Crippen molar-refractivity contribution in [1.29, 1.82) is 0 Å². The summed E-state index contributed by atoms with van der Waals surface area (Å²) in [6.45, 7) is 6.24. The molecule has 6 nitrogen and oxygen atoms in total. The van der Waals surface area contributed by atoms with Gasteiger partial charge >= 0.3 is 17.9 Å². The summed E-state index contributed by atoms with van der Waals surface area (Å²) in [7, 11) is 0. The summed E-state index contributed by atoms with van der Waals surface area (Å²) < 4.78 is 16.7. The molecule has 0 aromatic heterocycles. The second-order valence-corrected chi connectivity index (χ2v) is 16.8. The third-order valence-corrected chi connectivity index (χ3v) is 10.5. The highest BCUT2D eigenvalue weighted by Gasteiger charge is 2.19. The molecule has 0 rings (SSSR count).